The fraction of sp³-hybridized carbons (Fsp3) is 0.250. The number of hydrogen-bond acceptors (Lipinski definition) is 3. The molecule has 0 aliphatic rings. The molecule has 0 bridgehead atoms. The number of aromatic nitrogens is 1. The van der Waals surface area contributed by atoms with Gasteiger partial charge in [0.25, 0.3) is 0 Å². The molecule has 1 atom stereocenters. The Labute approximate surface area is 95.0 Å². The number of rotatable bonds is 2. The van der Waals surface area contributed by atoms with Crippen molar-refractivity contribution in [3.05, 3.63) is 21.9 Å². The lowest BCUT2D eigenvalue weighted by Crippen LogP contribution is -2.32. The van der Waals surface area contributed by atoms with Gasteiger partial charge in [-0.25, -0.2) is 4.98 Å². The Kier molecular flexibility index (Phi) is 3.86. The summed E-state index contributed by atoms with van der Waals surface area (Å²) >= 11 is 8.88. The number of nitrogens with two attached hydrogens (primary N) is 1. The first-order valence-electron chi connectivity index (χ1n) is 3.88. The minimum Gasteiger partial charge on any atom is -0.323 e. The SMILES string of the molecule is C[C@H](N)C(=O)Nc1cnc(Cl)c(Br)c1. The predicted octanol–water partition coefficient (Wildman–Crippen LogP) is 1.78. The number of amides is 1. The lowest BCUT2D eigenvalue weighted by Gasteiger charge is -2.07. The van der Waals surface area contributed by atoms with E-state index in [2.05, 4.69) is 26.2 Å². The molecule has 0 unspecified atom stereocenters. The first-order chi connectivity index (χ1) is 6.50. The third-order valence-corrected chi connectivity index (χ3v) is 2.61. The molecule has 1 aromatic rings. The van der Waals surface area contributed by atoms with Crippen molar-refractivity contribution in [2.45, 2.75) is 13.0 Å². The molecule has 0 spiro atoms. The van der Waals surface area contributed by atoms with E-state index in [1.165, 1.54) is 6.20 Å². The number of anilines is 1. The van der Waals surface area contributed by atoms with Crippen molar-refractivity contribution in [1.82, 2.24) is 4.98 Å². The Morgan fingerprint density at radius 1 is 1.79 bits per heavy atom. The first-order valence-corrected chi connectivity index (χ1v) is 5.05. The highest BCUT2D eigenvalue weighted by Crippen LogP contribution is 2.22. The molecule has 0 saturated heterocycles. The zero-order valence-corrected chi connectivity index (χ0v) is 9.76. The van der Waals surface area contributed by atoms with Crippen LogP contribution in [0.15, 0.2) is 16.7 Å². The second-order valence-electron chi connectivity index (χ2n) is 2.77. The summed E-state index contributed by atoms with van der Waals surface area (Å²) in [5, 5.41) is 2.95. The van der Waals surface area contributed by atoms with Crippen LogP contribution in [0.4, 0.5) is 5.69 Å². The van der Waals surface area contributed by atoms with Gasteiger partial charge in [0.15, 0.2) is 0 Å². The molecule has 4 nitrogen and oxygen atoms in total. The standard InChI is InChI=1S/C8H9BrClN3O/c1-4(11)8(14)13-5-2-6(9)7(10)12-3-5/h2-4H,11H2,1H3,(H,13,14)/t4-/m0/s1. The molecular weight excluding hydrogens is 269 g/mol. The van der Waals surface area contributed by atoms with Crippen LogP contribution < -0.4 is 11.1 Å². The molecule has 3 N–H and O–H groups in total. The summed E-state index contributed by atoms with van der Waals surface area (Å²) in [4.78, 5) is 15.1. The van der Waals surface area contributed by atoms with E-state index in [0.29, 0.717) is 15.3 Å². The van der Waals surface area contributed by atoms with E-state index in [1.54, 1.807) is 13.0 Å². The smallest absolute Gasteiger partial charge is 0.241 e. The Bertz CT molecular complexity index is 356. The number of carbonyl (C=O) groups excluding carboxylic acids is 1. The van der Waals surface area contributed by atoms with Crippen molar-refractivity contribution >= 4 is 39.1 Å². The third kappa shape index (κ3) is 2.94. The van der Waals surface area contributed by atoms with Gasteiger partial charge in [0.1, 0.15) is 5.15 Å². The normalized spacial score (nSPS) is 12.3. The van der Waals surface area contributed by atoms with Gasteiger partial charge >= 0.3 is 0 Å². The van der Waals surface area contributed by atoms with Gasteiger partial charge in [-0.1, -0.05) is 11.6 Å². The lowest BCUT2D eigenvalue weighted by molar-refractivity contribution is -0.117. The predicted molar refractivity (Wildman–Crippen MR) is 59.2 cm³/mol. The van der Waals surface area contributed by atoms with E-state index in [4.69, 9.17) is 17.3 Å². The van der Waals surface area contributed by atoms with Crippen LogP contribution >= 0.6 is 27.5 Å². The number of hydrogen-bond donors (Lipinski definition) is 2. The summed E-state index contributed by atoms with van der Waals surface area (Å²) in [5.41, 5.74) is 5.94. The average molecular weight is 279 g/mol. The molecule has 0 aromatic carbocycles. The van der Waals surface area contributed by atoms with Crippen LogP contribution in [0.1, 0.15) is 6.92 Å². The second-order valence-corrected chi connectivity index (χ2v) is 3.99. The van der Waals surface area contributed by atoms with Crippen LogP contribution in [0.5, 0.6) is 0 Å². The topological polar surface area (TPSA) is 68.0 Å². The van der Waals surface area contributed by atoms with E-state index in [-0.39, 0.29) is 5.91 Å². The summed E-state index contributed by atoms with van der Waals surface area (Å²) in [6.45, 7) is 1.60. The Morgan fingerprint density at radius 2 is 2.43 bits per heavy atom. The van der Waals surface area contributed by atoms with Crippen molar-refractivity contribution in [2.75, 3.05) is 5.32 Å². The van der Waals surface area contributed by atoms with Crippen molar-refractivity contribution in [3.8, 4) is 0 Å². The highest BCUT2D eigenvalue weighted by Gasteiger charge is 2.08. The van der Waals surface area contributed by atoms with Gasteiger partial charge in [-0.3, -0.25) is 4.79 Å². The number of pyridine rings is 1. The van der Waals surface area contributed by atoms with Crippen LogP contribution in [0, 0.1) is 0 Å². The van der Waals surface area contributed by atoms with Crippen LogP contribution in [0.2, 0.25) is 5.15 Å². The fourth-order valence-electron chi connectivity index (χ4n) is 0.746. The summed E-state index contributed by atoms with van der Waals surface area (Å²) in [6, 6.07) is 1.11. The molecule has 0 aliphatic heterocycles. The summed E-state index contributed by atoms with van der Waals surface area (Å²) in [6.07, 6.45) is 1.47. The minimum absolute atomic E-state index is 0.263. The maximum absolute atomic E-state index is 11.2. The second kappa shape index (κ2) is 4.72. The maximum Gasteiger partial charge on any atom is 0.241 e. The zero-order chi connectivity index (χ0) is 10.7. The highest BCUT2D eigenvalue weighted by molar-refractivity contribution is 9.10. The Hall–Kier alpha value is -0.650. The first kappa shape index (κ1) is 11.4. The van der Waals surface area contributed by atoms with E-state index in [9.17, 15) is 4.79 Å². The van der Waals surface area contributed by atoms with Gasteiger partial charge in [-0.05, 0) is 28.9 Å². The minimum atomic E-state index is -0.551. The number of carbonyl (C=O) groups is 1. The van der Waals surface area contributed by atoms with E-state index in [0.717, 1.165) is 0 Å². The molecule has 0 aliphatic carbocycles. The molecule has 1 heterocycles. The molecule has 6 heteroatoms. The summed E-state index contributed by atoms with van der Waals surface area (Å²) in [5.74, 6) is -0.263. The van der Waals surface area contributed by atoms with Crippen LogP contribution in [0.25, 0.3) is 0 Å². The fourth-order valence-corrected chi connectivity index (χ4v) is 1.20. The molecule has 0 saturated carbocycles. The van der Waals surface area contributed by atoms with E-state index in [1.807, 2.05) is 0 Å². The zero-order valence-electron chi connectivity index (χ0n) is 7.42. The van der Waals surface area contributed by atoms with Gasteiger partial charge < -0.3 is 11.1 Å². The van der Waals surface area contributed by atoms with Crippen LogP contribution in [-0.2, 0) is 4.79 Å². The molecule has 1 amide bonds. The monoisotopic (exact) mass is 277 g/mol. The van der Waals surface area contributed by atoms with Gasteiger partial charge in [-0.2, -0.15) is 0 Å². The van der Waals surface area contributed by atoms with Crippen molar-refractivity contribution in [1.29, 1.82) is 0 Å². The average Bonchev–Trinajstić information content (AvgIpc) is 2.11. The quantitative estimate of drug-likeness (QED) is 0.810. The Morgan fingerprint density at radius 3 is 2.93 bits per heavy atom. The molecule has 1 aromatic heterocycles. The summed E-state index contributed by atoms with van der Waals surface area (Å²) in [7, 11) is 0. The molecule has 76 valence electrons. The van der Waals surface area contributed by atoms with Gasteiger partial charge in [0, 0.05) is 0 Å². The molecular formula is C8H9BrClN3O. The molecule has 14 heavy (non-hydrogen) atoms. The lowest BCUT2D eigenvalue weighted by atomic mass is 10.3. The number of nitrogens with one attached hydrogen (secondary N) is 1. The van der Waals surface area contributed by atoms with Crippen LogP contribution in [0.3, 0.4) is 0 Å². The van der Waals surface area contributed by atoms with Crippen LogP contribution in [-0.4, -0.2) is 16.9 Å². The Balaban J connectivity index is 2.78. The van der Waals surface area contributed by atoms with E-state index >= 15 is 0 Å². The van der Waals surface area contributed by atoms with E-state index < -0.39 is 6.04 Å². The highest BCUT2D eigenvalue weighted by atomic mass is 79.9. The van der Waals surface area contributed by atoms with Crippen molar-refractivity contribution in [3.63, 3.8) is 0 Å². The maximum atomic E-state index is 11.2. The molecule has 0 radical (unpaired) electrons. The molecule has 1 rings (SSSR count). The van der Waals surface area contributed by atoms with Crippen molar-refractivity contribution in [2.24, 2.45) is 5.73 Å². The van der Waals surface area contributed by atoms with Gasteiger partial charge in [0.05, 0.1) is 22.4 Å². The van der Waals surface area contributed by atoms with Gasteiger partial charge in [-0.15, -0.1) is 0 Å². The molecule has 0 fully saturated rings. The largest absolute Gasteiger partial charge is 0.323 e. The summed E-state index contributed by atoms with van der Waals surface area (Å²) < 4.78 is 0.627. The van der Waals surface area contributed by atoms with Crippen molar-refractivity contribution < 1.29 is 4.79 Å². The van der Waals surface area contributed by atoms with Gasteiger partial charge in [0.2, 0.25) is 5.91 Å². The third-order valence-electron chi connectivity index (χ3n) is 1.48. The number of halogens is 2. The number of nitrogens with zero attached hydrogens (tertiary/aromatic N) is 1.